The second-order valence-corrected chi connectivity index (χ2v) is 6.21. The lowest BCUT2D eigenvalue weighted by atomic mass is 10.1. The average Bonchev–Trinajstić information content (AvgIpc) is 3.02. The van der Waals surface area contributed by atoms with Gasteiger partial charge in [-0.15, -0.1) is 0 Å². The summed E-state index contributed by atoms with van der Waals surface area (Å²) in [6, 6.07) is 11.8. The summed E-state index contributed by atoms with van der Waals surface area (Å²) >= 11 is 0. The van der Waals surface area contributed by atoms with Gasteiger partial charge in [0.25, 0.3) is 0 Å². The summed E-state index contributed by atoms with van der Waals surface area (Å²) in [4.78, 5) is 2.49. The summed E-state index contributed by atoms with van der Waals surface area (Å²) < 4.78 is 5.66. The van der Waals surface area contributed by atoms with Crippen molar-refractivity contribution in [3.8, 4) is 0 Å². The third-order valence-electron chi connectivity index (χ3n) is 4.20. The summed E-state index contributed by atoms with van der Waals surface area (Å²) in [5.74, 6) is 1.06. The number of rotatable bonds is 5. The minimum Gasteiger partial charge on any atom is -0.468 e. The predicted octanol–water partition coefficient (Wildman–Crippen LogP) is 3.73. The van der Waals surface area contributed by atoms with E-state index in [1.807, 2.05) is 0 Å². The molecule has 0 amide bonds. The molecule has 1 aliphatic heterocycles. The first-order chi connectivity index (χ1) is 10.1. The molecule has 2 aromatic rings. The largest absolute Gasteiger partial charge is 0.468 e. The van der Waals surface area contributed by atoms with Crippen molar-refractivity contribution in [2.75, 3.05) is 4.90 Å². The molecule has 0 fully saturated rings. The van der Waals surface area contributed by atoms with E-state index in [0.29, 0.717) is 12.1 Å². The highest BCUT2D eigenvalue weighted by atomic mass is 16.3. The second-order valence-electron chi connectivity index (χ2n) is 6.21. The van der Waals surface area contributed by atoms with Gasteiger partial charge in [-0.3, -0.25) is 0 Å². The van der Waals surface area contributed by atoms with E-state index in [4.69, 9.17) is 4.42 Å². The molecule has 0 aliphatic carbocycles. The molecule has 1 aromatic heterocycles. The van der Waals surface area contributed by atoms with E-state index in [1.54, 1.807) is 6.26 Å². The molecule has 0 bridgehead atoms. The fourth-order valence-electron chi connectivity index (χ4n) is 3.01. The van der Waals surface area contributed by atoms with Crippen LogP contribution in [0, 0.1) is 0 Å². The predicted molar refractivity (Wildman–Crippen MR) is 86.5 cm³/mol. The molecule has 3 nitrogen and oxygen atoms in total. The van der Waals surface area contributed by atoms with Crippen LogP contribution in [0.15, 0.2) is 41.0 Å². The van der Waals surface area contributed by atoms with Crippen molar-refractivity contribution >= 4 is 5.69 Å². The van der Waals surface area contributed by atoms with E-state index in [0.717, 1.165) is 25.3 Å². The number of anilines is 1. The van der Waals surface area contributed by atoms with Crippen LogP contribution in [-0.4, -0.2) is 12.1 Å². The van der Waals surface area contributed by atoms with Crippen molar-refractivity contribution in [1.29, 1.82) is 0 Å². The lowest BCUT2D eigenvalue weighted by Crippen LogP contribution is -2.29. The number of hydrogen-bond acceptors (Lipinski definition) is 3. The number of nitrogens with zero attached hydrogens (tertiary/aromatic N) is 1. The Balaban J connectivity index is 1.77. The van der Waals surface area contributed by atoms with E-state index in [1.165, 1.54) is 16.8 Å². The normalized spacial score (nSPS) is 17.5. The van der Waals surface area contributed by atoms with Crippen LogP contribution in [0.5, 0.6) is 0 Å². The van der Waals surface area contributed by atoms with Gasteiger partial charge < -0.3 is 14.6 Å². The molecular formula is C18H24N2O. The van der Waals surface area contributed by atoms with Crippen molar-refractivity contribution < 1.29 is 4.42 Å². The lowest BCUT2D eigenvalue weighted by molar-refractivity contribution is 0.459. The first-order valence-electron chi connectivity index (χ1n) is 7.78. The molecule has 3 rings (SSSR count). The van der Waals surface area contributed by atoms with Gasteiger partial charge in [0.1, 0.15) is 5.76 Å². The monoisotopic (exact) mass is 284 g/mol. The van der Waals surface area contributed by atoms with Gasteiger partial charge in [-0.25, -0.2) is 0 Å². The highest BCUT2D eigenvalue weighted by molar-refractivity contribution is 5.59. The first-order valence-corrected chi connectivity index (χ1v) is 7.78. The molecule has 2 heterocycles. The van der Waals surface area contributed by atoms with E-state index in [2.05, 4.69) is 61.3 Å². The van der Waals surface area contributed by atoms with Gasteiger partial charge in [0, 0.05) is 29.9 Å². The fourth-order valence-corrected chi connectivity index (χ4v) is 3.01. The van der Waals surface area contributed by atoms with Gasteiger partial charge in [0.15, 0.2) is 0 Å². The molecule has 1 atom stereocenters. The molecule has 0 spiro atoms. The lowest BCUT2D eigenvalue weighted by Gasteiger charge is -2.25. The van der Waals surface area contributed by atoms with Crippen LogP contribution in [0.4, 0.5) is 5.69 Å². The maximum absolute atomic E-state index is 5.66. The maximum atomic E-state index is 5.66. The van der Waals surface area contributed by atoms with Crippen molar-refractivity contribution in [1.82, 2.24) is 5.32 Å². The van der Waals surface area contributed by atoms with Gasteiger partial charge in [-0.05, 0) is 31.0 Å². The van der Waals surface area contributed by atoms with E-state index < -0.39 is 0 Å². The highest BCUT2D eigenvalue weighted by Crippen LogP contribution is 2.33. The molecule has 112 valence electrons. The maximum Gasteiger partial charge on any atom is 0.122 e. The Labute approximate surface area is 127 Å². The quantitative estimate of drug-likeness (QED) is 0.907. The molecule has 1 aliphatic rings. The van der Waals surface area contributed by atoms with Gasteiger partial charge in [-0.2, -0.15) is 0 Å². The van der Waals surface area contributed by atoms with Crippen LogP contribution < -0.4 is 10.2 Å². The third-order valence-corrected chi connectivity index (χ3v) is 4.20. The minimum absolute atomic E-state index is 0.467. The van der Waals surface area contributed by atoms with Crippen LogP contribution >= 0.6 is 0 Å². The number of hydrogen-bond donors (Lipinski definition) is 1. The van der Waals surface area contributed by atoms with Crippen molar-refractivity contribution in [2.45, 2.75) is 52.4 Å². The first kappa shape index (κ1) is 14.2. The Morgan fingerprint density at radius 2 is 2.10 bits per heavy atom. The molecule has 0 saturated carbocycles. The van der Waals surface area contributed by atoms with E-state index >= 15 is 0 Å². The second kappa shape index (κ2) is 5.94. The van der Waals surface area contributed by atoms with Crippen LogP contribution in [0.2, 0.25) is 0 Å². The SMILES string of the molecule is CC(C)NCc1occc1CN1c2ccccc2CC1C. The summed E-state index contributed by atoms with van der Waals surface area (Å²) in [6.45, 7) is 8.32. The average molecular weight is 284 g/mol. The Morgan fingerprint density at radius 1 is 1.29 bits per heavy atom. The van der Waals surface area contributed by atoms with Crippen LogP contribution in [-0.2, 0) is 19.5 Å². The zero-order chi connectivity index (χ0) is 14.8. The Bertz CT molecular complexity index is 603. The molecule has 0 saturated heterocycles. The van der Waals surface area contributed by atoms with Crippen LogP contribution in [0.3, 0.4) is 0 Å². The molecule has 1 aromatic carbocycles. The number of para-hydroxylation sites is 1. The van der Waals surface area contributed by atoms with E-state index in [9.17, 15) is 0 Å². The van der Waals surface area contributed by atoms with Crippen LogP contribution in [0.25, 0.3) is 0 Å². The molecule has 1 unspecified atom stereocenters. The molecule has 0 radical (unpaired) electrons. The summed E-state index contributed by atoms with van der Waals surface area (Å²) in [7, 11) is 0. The van der Waals surface area contributed by atoms with Crippen molar-refractivity contribution in [3.63, 3.8) is 0 Å². The highest BCUT2D eigenvalue weighted by Gasteiger charge is 2.26. The summed E-state index contributed by atoms with van der Waals surface area (Å²) in [5, 5.41) is 3.43. The van der Waals surface area contributed by atoms with Crippen LogP contribution in [0.1, 0.15) is 37.7 Å². The Hall–Kier alpha value is -1.74. The minimum atomic E-state index is 0.467. The standard InChI is InChI=1S/C18H24N2O/c1-13(2)19-11-18-16(8-9-21-18)12-20-14(3)10-15-6-4-5-7-17(15)20/h4-9,13-14,19H,10-12H2,1-3H3. The zero-order valence-electron chi connectivity index (χ0n) is 13.1. The fraction of sp³-hybridized carbons (Fsp3) is 0.444. The van der Waals surface area contributed by atoms with Gasteiger partial charge >= 0.3 is 0 Å². The van der Waals surface area contributed by atoms with Crippen molar-refractivity contribution in [2.24, 2.45) is 0 Å². The summed E-state index contributed by atoms with van der Waals surface area (Å²) in [5.41, 5.74) is 4.11. The smallest absolute Gasteiger partial charge is 0.122 e. The topological polar surface area (TPSA) is 28.4 Å². The van der Waals surface area contributed by atoms with Crippen molar-refractivity contribution in [3.05, 3.63) is 53.5 Å². The number of fused-ring (bicyclic) bond motifs is 1. The Morgan fingerprint density at radius 3 is 2.90 bits per heavy atom. The van der Waals surface area contributed by atoms with Gasteiger partial charge in [0.2, 0.25) is 0 Å². The number of furan rings is 1. The Kier molecular flexibility index (Phi) is 4.02. The molecular weight excluding hydrogens is 260 g/mol. The number of benzene rings is 1. The number of nitrogens with one attached hydrogen (secondary N) is 1. The van der Waals surface area contributed by atoms with E-state index in [-0.39, 0.29) is 0 Å². The molecule has 1 N–H and O–H groups in total. The molecule has 3 heteroatoms. The van der Waals surface area contributed by atoms with Gasteiger partial charge in [-0.1, -0.05) is 32.0 Å². The third kappa shape index (κ3) is 2.98. The van der Waals surface area contributed by atoms with Gasteiger partial charge in [0.05, 0.1) is 12.8 Å². The summed E-state index contributed by atoms with van der Waals surface area (Å²) in [6.07, 6.45) is 2.94. The molecule has 21 heavy (non-hydrogen) atoms. The zero-order valence-corrected chi connectivity index (χ0v) is 13.1.